The Kier molecular flexibility index (Phi) is 3.78. The van der Waals surface area contributed by atoms with Crippen LogP contribution in [0, 0.1) is 5.41 Å². The van der Waals surface area contributed by atoms with Crippen molar-refractivity contribution < 1.29 is 4.74 Å². The Bertz CT molecular complexity index is 973. The maximum atomic E-state index is 8.88. The van der Waals surface area contributed by atoms with E-state index in [2.05, 4.69) is 13.8 Å². The van der Waals surface area contributed by atoms with Crippen molar-refractivity contribution in [3.8, 4) is 5.69 Å². The molecule has 0 radical (unpaired) electrons. The van der Waals surface area contributed by atoms with Crippen molar-refractivity contribution in [3.05, 3.63) is 46.3 Å². The predicted octanol–water partition coefficient (Wildman–Crippen LogP) is 4.14. The Morgan fingerprint density at radius 2 is 2.04 bits per heavy atom. The zero-order chi connectivity index (χ0) is 16.9. The molecule has 3 heterocycles. The second-order valence-corrected chi connectivity index (χ2v) is 8.38. The number of nitrogens with zero attached hydrogens (tertiary/aromatic N) is 2. The Balaban J connectivity index is 2.04. The van der Waals surface area contributed by atoms with Gasteiger partial charge in [0.25, 0.3) is 0 Å². The van der Waals surface area contributed by atoms with Crippen molar-refractivity contribution in [2.45, 2.75) is 37.6 Å². The van der Waals surface area contributed by atoms with Crippen LogP contribution in [-0.4, -0.2) is 21.4 Å². The second kappa shape index (κ2) is 5.72. The molecule has 0 atom stereocenters. The summed E-state index contributed by atoms with van der Waals surface area (Å²) in [6, 6.07) is 10.0. The molecule has 2 aromatic heterocycles. The minimum absolute atomic E-state index is 0.191. The highest BCUT2D eigenvalue weighted by Gasteiger charge is 2.30. The highest BCUT2D eigenvalue weighted by atomic mass is 32.2. The lowest BCUT2D eigenvalue weighted by Gasteiger charge is -2.30. The van der Waals surface area contributed by atoms with Crippen molar-refractivity contribution in [2.75, 3.05) is 6.26 Å². The highest BCUT2D eigenvalue weighted by Crippen LogP contribution is 2.37. The molecule has 1 aliphatic rings. The monoisotopic (exact) mass is 357 g/mol. The van der Waals surface area contributed by atoms with Crippen LogP contribution in [0.5, 0.6) is 0 Å². The summed E-state index contributed by atoms with van der Waals surface area (Å²) in [4.78, 5) is 7.01. The van der Waals surface area contributed by atoms with E-state index in [4.69, 9.17) is 15.1 Å². The van der Waals surface area contributed by atoms with Crippen LogP contribution in [0.15, 0.2) is 35.5 Å². The molecular weight excluding hydrogens is 338 g/mol. The van der Waals surface area contributed by atoms with Crippen LogP contribution in [0.4, 0.5) is 0 Å². The van der Waals surface area contributed by atoms with E-state index in [-0.39, 0.29) is 5.60 Å². The number of benzene rings is 1. The van der Waals surface area contributed by atoms with E-state index in [0.717, 1.165) is 27.5 Å². The van der Waals surface area contributed by atoms with Crippen LogP contribution < -0.4 is 5.49 Å². The molecule has 24 heavy (non-hydrogen) atoms. The van der Waals surface area contributed by atoms with Gasteiger partial charge in [-0.2, -0.15) is 0 Å². The van der Waals surface area contributed by atoms with Gasteiger partial charge in [0.05, 0.1) is 17.6 Å². The van der Waals surface area contributed by atoms with Gasteiger partial charge in [0.1, 0.15) is 10.3 Å². The molecule has 0 amide bonds. The van der Waals surface area contributed by atoms with E-state index < -0.39 is 0 Å². The molecule has 1 N–H and O–H groups in total. The first-order valence-electron chi connectivity index (χ1n) is 7.85. The van der Waals surface area contributed by atoms with Crippen molar-refractivity contribution in [1.29, 1.82) is 5.41 Å². The van der Waals surface area contributed by atoms with Gasteiger partial charge in [-0.05, 0) is 37.8 Å². The number of ether oxygens (including phenoxy) is 1. The topological polar surface area (TPSA) is 50.9 Å². The second-order valence-electron chi connectivity index (χ2n) is 6.53. The molecule has 0 saturated carbocycles. The van der Waals surface area contributed by atoms with Gasteiger partial charge < -0.3 is 4.74 Å². The van der Waals surface area contributed by atoms with Crippen molar-refractivity contribution in [2.24, 2.45) is 0 Å². The molecule has 0 unspecified atom stereocenters. The third-order valence-electron chi connectivity index (χ3n) is 4.31. The average molecular weight is 358 g/mol. The van der Waals surface area contributed by atoms with Crippen molar-refractivity contribution in [3.63, 3.8) is 0 Å². The zero-order valence-electron chi connectivity index (χ0n) is 13.9. The molecule has 0 fully saturated rings. The lowest BCUT2D eigenvalue weighted by molar-refractivity contribution is -0.0379. The van der Waals surface area contributed by atoms with Gasteiger partial charge in [-0.1, -0.05) is 30.0 Å². The molecule has 0 spiro atoms. The van der Waals surface area contributed by atoms with Crippen LogP contribution in [0.3, 0.4) is 0 Å². The van der Waals surface area contributed by atoms with Crippen molar-refractivity contribution in [1.82, 2.24) is 9.55 Å². The maximum absolute atomic E-state index is 8.88. The molecule has 124 valence electrons. The summed E-state index contributed by atoms with van der Waals surface area (Å²) in [6.07, 6.45) is 2.83. The molecule has 6 heteroatoms. The number of thiophene rings is 1. The number of aromatic nitrogens is 2. The summed E-state index contributed by atoms with van der Waals surface area (Å²) >= 11 is 3.24. The van der Waals surface area contributed by atoms with E-state index in [0.29, 0.717) is 12.1 Å². The zero-order valence-corrected chi connectivity index (χ0v) is 15.6. The summed E-state index contributed by atoms with van der Waals surface area (Å²) < 4.78 is 7.89. The summed E-state index contributed by atoms with van der Waals surface area (Å²) in [5.41, 5.74) is 2.54. The van der Waals surface area contributed by atoms with E-state index >= 15 is 0 Å². The first-order valence-corrected chi connectivity index (χ1v) is 9.89. The van der Waals surface area contributed by atoms with E-state index in [1.165, 1.54) is 10.4 Å². The number of hydrogen-bond acceptors (Lipinski definition) is 5. The first-order chi connectivity index (χ1) is 11.5. The van der Waals surface area contributed by atoms with Gasteiger partial charge in [-0.25, -0.2) is 4.98 Å². The standard InChI is InChI=1S/C18H19N3OS2/c1-18(2)9-12-13(10-22-18)24-16-14(12)15(19)21(17(20-16)23-3)11-7-5-4-6-8-11/h4-8,19H,9-10H2,1-3H3. The van der Waals surface area contributed by atoms with E-state index in [9.17, 15) is 0 Å². The van der Waals surface area contributed by atoms with Crippen LogP contribution in [0.25, 0.3) is 15.9 Å². The van der Waals surface area contributed by atoms with Crippen LogP contribution in [-0.2, 0) is 17.8 Å². The molecule has 1 aliphatic heterocycles. The fourth-order valence-electron chi connectivity index (χ4n) is 3.16. The quantitative estimate of drug-likeness (QED) is 0.554. The fourth-order valence-corrected chi connectivity index (χ4v) is 4.88. The Labute approximate surface area is 149 Å². The van der Waals surface area contributed by atoms with Crippen LogP contribution in [0.2, 0.25) is 0 Å². The number of nitrogens with one attached hydrogen (secondary N) is 1. The lowest BCUT2D eigenvalue weighted by Crippen LogP contribution is -2.32. The lowest BCUT2D eigenvalue weighted by atomic mass is 9.94. The molecule has 3 aromatic rings. The molecule has 0 aliphatic carbocycles. The molecule has 0 bridgehead atoms. The van der Waals surface area contributed by atoms with E-state index in [1.54, 1.807) is 23.1 Å². The van der Waals surface area contributed by atoms with E-state index in [1.807, 2.05) is 41.2 Å². The SMILES string of the molecule is CSc1nc2sc3c(c2c(=N)n1-c1ccccc1)CC(C)(C)OC3. The minimum atomic E-state index is -0.191. The maximum Gasteiger partial charge on any atom is 0.175 e. The summed E-state index contributed by atoms with van der Waals surface area (Å²) in [5.74, 6) is 0. The predicted molar refractivity (Wildman–Crippen MR) is 99.2 cm³/mol. The van der Waals surface area contributed by atoms with Crippen LogP contribution in [0.1, 0.15) is 24.3 Å². The van der Waals surface area contributed by atoms with Gasteiger partial charge in [0.2, 0.25) is 0 Å². The van der Waals surface area contributed by atoms with Gasteiger partial charge >= 0.3 is 0 Å². The summed E-state index contributed by atoms with van der Waals surface area (Å²) in [6.45, 7) is 4.83. The van der Waals surface area contributed by atoms with Crippen molar-refractivity contribution >= 4 is 33.3 Å². The molecule has 4 rings (SSSR count). The molecule has 0 saturated heterocycles. The third kappa shape index (κ3) is 2.49. The smallest absolute Gasteiger partial charge is 0.175 e. The van der Waals surface area contributed by atoms with Gasteiger partial charge in [0, 0.05) is 17.0 Å². The highest BCUT2D eigenvalue weighted by molar-refractivity contribution is 7.98. The van der Waals surface area contributed by atoms with Gasteiger partial charge in [0.15, 0.2) is 5.16 Å². The molecule has 1 aromatic carbocycles. The fraction of sp³-hybridized carbons (Fsp3) is 0.333. The number of thioether (sulfide) groups is 1. The third-order valence-corrected chi connectivity index (χ3v) is 6.05. The van der Waals surface area contributed by atoms with Crippen LogP contribution >= 0.6 is 23.1 Å². The summed E-state index contributed by atoms with van der Waals surface area (Å²) in [5, 5.41) is 10.7. The number of fused-ring (bicyclic) bond motifs is 3. The largest absolute Gasteiger partial charge is 0.370 e. The normalized spacial score (nSPS) is 16.3. The minimum Gasteiger partial charge on any atom is -0.370 e. The molecule has 4 nitrogen and oxygen atoms in total. The Morgan fingerprint density at radius 1 is 1.29 bits per heavy atom. The average Bonchev–Trinajstić information content (AvgIpc) is 2.92. The number of hydrogen-bond donors (Lipinski definition) is 1. The Hall–Kier alpha value is -1.63. The molecular formula is C18H19N3OS2. The first kappa shape index (κ1) is 15.9. The number of rotatable bonds is 2. The Morgan fingerprint density at radius 3 is 2.75 bits per heavy atom. The van der Waals surface area contributed by atoms with Gasteiger partial charge in [-0.15, -0.1) is 11.3 Å². The van der Waals surface area contributed by atoms with Gasteiger partial charge in [-0.3, -0.25) is 9.98 Å². The summed E-state index contributed by atoms with van der Waals surface area (Å²) in [7, 11) is 0. The number of para-hydroxylation sites is 1.